The van der Waals surface area contributed by atoms with E-state index in [4.69, 9.17) is 0 Å². The number of pyridine rings is 1. The maximum atomic E-state index is 4.53. The smallest absolute Gasteiger partial charge is 0.179 e. The molecule has 0 unspecified atom stereocenters. The lowest BCUT2D eigenvalue weighted by molar-refractivity contribution is 1.12. The molecule has 4 heteroatoms. The Balaban J connectivity index is 1.81. The van der Waals surface area contributed by atoms with Gasteiger partial charge in [0.2, 0.25) is 0 Å². The van der Waals surface area contributed by atoms with Crippen LogP contribution in [0.1, 0.15) is 16.7 Å². The van der Waals surface area contributed by atoms with E-state index in [0.717, 1.165) is 16.3 Å². The molecule has 0 radical (unpaired) electrons. The molecule has 3 rings (SSSR count). The lowest BCUT2D eigenvalue weighted by atomic mass is 10.1. The van der Waals surface area contributed by atoms with E-state index in [0.29, 0.717) is 5.65 Å². The second-order valence-electron chi connectivity index (χ2n) is 4.77. The highest BCUT2D eigenvalue weighted by Crippen LogP contribution is 2.24. The quantitative estimate of drug-likeness (QED) is 0.682. The van der Waals surface area contributed by atoms with Gasteiger partial charge in [0.05, 0.1) is 5.03 Å². The van der Waals surface area contributed by atoms with Crippen LogP contribution in [-0.4, -0.2) is 15.0 Å². The molecule has 100 valence electrons. The number of benzene rings is 1. The lowest BCUT2D eigenvalue weighted by Gasteiger charge is -2.07. The first-order valence-electron chi connectivity index (χ1n) is 6.49. The van der Waals surface area contributed by atoms with Gasteiger partial charge in [-0.2, -0.15) is 0 Å². The molecule has 0 N–H and O–H groups in total. The van der Waals surface area contributed by atoms with Gasteiger partial charge in [0.25, 0.3) is 0 Å². The zero-order valence-corrected chi connectivity index (χ0v) is 12.3. The Labute approximate surface area is 122 Å². The number of aryl methyl sites for hydroxylation is 2. The van der Waals surface area contributed by atoms with Gasteiger partial charge < -0.3 is 0 Å². The van der Waals surface area contributed by atoms with Crippen LogP contribution in [0.15, 0.2) is 47.8 Å². The molecule has 1 aromatic carbocycles. The van der Waals surface area contributed by atoms with Gasteiger partial charge in [-0.25, -0.2) is 9.97 Å². The van der Waals surface area contributed by atoms with Gasteiger partial charge in [-0.3, -0.25) is 4.98 Å². The van der Waals surface area contributed by atoms with Gasteiger partial charge in [-0.1, -0.05) is 23.8 Å². The molecule has 0 spiro atoms. The molecule has 2 aromatic heterocycles. The van der Waals surface area contributed by atoms with Gasteiger partial charge in [0.1, 0.15) is 5.52 Å². The van der Waals surface area contributed by atoms with Gasteiger partial charge in [-0.05, 0) is 37.1 Å². The van der Waals surface area contributed by atoms with Crippen molar-refractivity contribution < 1.29 is 0 Å². The predicted octanol–water partition coefficient (Wildman–Crippen LogP) is 3.93. The van der Waals surface area contributed by atoms with Crippen LogP contribution in [0.5, 0.6) is 0 Å². The minimum absolute atomic E-state index is 0.707. The summed E-state index contributed by atoms with van der Waals surface area (Å²) in [7, 11) is 0. The normalized spacial score (nSPS) is 10.9. The topological polar surface area (TPSA) is 38.7 Å². The molecule has 3 aromatic rings. The van der Waals surface area contributed by atoms with Crippen molar-refractivity contribution in [2.45, 2.75) is 24.6 Å². The first-order valence-corrected chi connectivity index (χ1v) is 7.47. The second kappa shape index (κ2) is 5.59. The van der Waals surface area contributed by atoms with Gasteiger partial charge in [0.15, 0.2) is 5.65 Å². The Bertz CT molecular complexity index is 756. The summed E-state index contributed by atoms with van der Waals surface area (Å²) in [6.07, 6.45) is 3.36. The number of hydrogen-bond donors (Lipinski definition) is 0. The van der Waals surface area contributed by atoms with E-state index >= 15 is 0 Å². The highest BCUT2D eigenvalue weighted by Gasteiger charge is 2.03. The number of aromatic nitrogens is 3. The molecule has 0 saturated carbocycles. The molecule has 20 heavy (non-hydrogen) atoms. The highest BCUT2D eigenvalue weighted by molar-refractivity contribution is 7.98. The van der Waals surface area contributed by atoms with Crippen molar-refractivity contribution in [1.82, 2.24) is 15.0 Å². The Hall–Kier alpha value is -1.94. The molecule has 0 aliphatic heterocycles. The van der Waals surface area contributed by atoms with Crippen LogP contribution in [0.4, 0.5) is 0 Å². The Kier molecular flexibility index (Phi) is 3.65. The van der Waals surface area contributed by atoms with Crippen molar-refractivity contribution in [3.63, 3.8) is 0 Å². The van der Waals surface area contributed by atoms with Crippen molar-refractivity contribution in [2.24, 2.45) is 0 Å². The number of nitrogens with zero attached hydrogens (tertiary/aromatic N) is 3. The third kappa shape index (κ3) is 2.80. The van der Waals surface area contributed by atoms with E-state index in [1.807, 2.05) is 12.1 Å². The van der Waals surface area contributed by atoms with E-state index < -0.39 is 0 Å². The van der Waals surface area contributed by atoms with Crippen LogP contribution in [0.2, 0.25) is 0 Å². The first-order chi connectivity index (χ1) is 9.72. The average Bonchev–Trinajstić information content (AvgIpc) is 2.48. The monoisotopic (exact) mass is 281 g/mol. The summed E-state index contributed by atoms with van der Waals surface area (Å²) >= 11 is 1.73. The zero-order valence-electron chi connectivity index (χ0n) is 11.5. The summed E-state index contributed by atoms with van der Waals surface area (Å²) in [6.45, 7) is 4.27. The van der Waals surface area contributed by atoms with Crippen LogP contribution >= 0.6 is 11.8 Å². The summed E-state index contributed by atoms with van der Waals surface area (Å²) in [6, 6.07) is 10.5. The summed E-state index contributed by atoms with van der Waals surface area (Å²) < 4.78 is 0. The summed E-state index contributed by atoms with van der Waals surface area (Å²) in [5.74, 6) is 0.923. The molecule has 0 fully saturated rings. The van der Waals surface area contributed by atoms with E-state index in [-0.39, 0.29) is 0 Å². The zero-order chi connectivity index (χ0) is 13.9. The van der Waals surface area contributed by atoms with Gasteiger partial charge in [0, 0.05) is 18.1 Å². The molecule has 0 saturated heterocycles. The predicted molar refractivity (Wildman–Crippen MR) is 82.8 cm³/mol. The van der Waals surface area contributed by atoms with Crippen LogP contribution in [-0.2, 0) is 5.75 Å². The largest absolute Gasteiger partial charge is 0.251 e. The summed E-state index contributed by atoms with van der Waals surface area (Å²) in [5, 5.41) is 0.985. The Morgan fingerprint density at radius 2 is 1.85 bits per heavy atom. The molecular formula is C16H15N3S. The van der Waals surface area contributed by atoms with E-state index in [1.165, 1.54) is 16.7 Å². The minimum atomic E-state index is 0.707. The van der Waals surface area contributed by atoms with Crippen molar-refractivity contribution in [2.75, 3.05) is 0 Å². The first kappa shape index (κ1) is 13.1. The Morgan fingerprint density at radius 1 is 1.00 bits per heavy atom. The number of fused-ring (bicyclic) bond motifs is 1. The standard InChI is InChI=1S/C16H15N3S/c1-11-3-4-12(2)13(9-11)10-20-15-6-5-14-16(19-15)18-8-7-17-14/h3-9H,10H2,1-2H3. The lowest BCUT2D eigenvalue weighted by Crippen LogP contribution is -1.91. The number of thioether (sulfide) groups is 1. The fraction of sp³-hybridized carbons (Fsp3) is 0.188. The molecule has 0 amide bonds. The minimum Gasteiger partial charge on any atom is -0.251 e. The van der Waals surface area contributed by atoms with Crippen molar-refractivity contribution in [3.05, 3.63) is 59.4 Å². The molecule has 2 heterocycles. The van der Waals surface area contributed by atoms with Crippen LogP contribution in [0, 0.1) is 13.8 Å². The molecular weight excluding hydrogens is 266 g/mol. The number of rotatable bonds is 3. The maximum absolute atomic E-state index is 4.53. The third-order valence-corrected chi connectivity index (χ3v) is 4.16. The molecule has 0 atom stereocenters. The maximum Gasteiger partial charge on any atom is 0.179 e. The van der Waals surface area contributed by atoms with Crippen molar-refractivity contribution in [3.8, 4) is 0 Å². The van der Waals surface area contributed by atoms with Crippen LogP contribution in [0.3, 0.4) is 0 Å². The van der Waals surface area contributed by atoms with Crippen LogP contribution < -0.4 is 0 Å². The van der Waals surface area contributed by atoms with Gasteiger partial charge >= 0.3 is 0 Å². The van der Waals surface area contributed by atoms with E-state index in [2.05, 4.69) is 47.0 Å². The van der Waals surface area contributed by atoms with Crippen molar-refractivity contribution in [1.29, 1.82) is 0 Å². The van der Waals surface area contributed by atoms with E-state index in [9.17, 15) is 0 Å². The average molecular weight is 281 g/mol. The highest BCUT2D eigenvalue weighted by atomic mass is 32.2. The third-order valence-electron chi connectivity index (χ3n) is 3.19. The molecule has 0 aliphatic rings. The summed E-state index contributed by atoms with van der Waals surface area (Å²) in [4.78, 5) is 13.0. The SMILES string of the molecule is Cc1ccc(C)c(CSc2ccc3nccnc3n2)c1. The molecule has 3 nitrogen and oxygen atoms in total. The van der Waals surface area contributed by atoms with Crippen LogP contribution in [0.25, 0.3) is 11.2 Å². The van der Waals surface area contributed by atoms with Gasteiger partial charge in [-0.15, -0.1) is 11.8 Å². The Morgan fingerprint density at radius 3 is 2.75 bits per heavy atom. The second-order valence-corrected chi connectivity index (χ2v) is 5.76. The molecule has 0 bridgehead atoms. The fourth-order valence-corrected chi connectivity index (χ4v) is 2.95. The number of hydrogen-bond acceptors (Lipinski definition) is 4. The van der Waals surface area contributed by atoms with E-state index in [1.54, 1.807) is 24.2 Å². The molecule has 0 aliphatic carbocycles. The van der Waals surface area contributed by atoms with Crippen molar-refractivity contribution >= 4 is 22.9 Å². The fourth-order valence-electron chi connectivity index (χ4n) is 2.02. The summed E-state index contributed by atoms with van der Waals surface area (Å²) in [5.41, 5.74) is 5.52.